The highest BCUT2D eigenvalue weighted by Crippen LogP contribution is 2.30. The van der Waals surface area contributed by atoms with E-state index in [2.05, 4.69) is 15.5 Å². The summed E-state index contributed by atoms with van der Waals surface area (Å²) in [6.45, 7) is 0. The van der Waals surface area contributed by atoms with E-state index < -0.39 is 0 Å². The lowest BCUT2D eigenvalue weighted by Gasteiger charge is -2.09. The molecular weight excluding hydrogens is 262 g/mol. The highest BCUT2D eigenvalue weighted by Gasteiger charge is 2.08. The molecule has 0 saturated carbocycles. The van der Waals surface area contributed by atoms with Gasteiger partial charge in [0.1, 0.15) is 5.75 Å². The fraction of sp³-hybridized carbons (Fsp3) is 0. The van der Waals surface area contributed by atoms with Crippen molar-refractivity contribution in [2.45, 2.75) is 0 Å². The summed E-state index contributed by atoms with van der Waals surface area (Å²) in [5.41, 5.74) is 0.573. The maximum Gasteiger partial charge on any atom is 0.161 e. The number of fused-ring (bicyclic) bond motifs is 1. The van der Waals surface area contributed by atoms with Gasteiger partial charge in [-0.3, -0.25) is 0 Å². The van der Waals surface area contributed by atoms with Crippen molar-refractivity contribution in [2.75, 3.05) is 5.32 Å². The summed E-state index contributed by atoms with van der Waals surface area (Å²) in [4.78, 5) is 0. The van der Waals surface area contributed by atoms with E-state index in [0.717, 1.165) is 10.8 Å². The van der Waals surface area contributed by atoms with Crippen molar-refractivity contribution in [1.29, 1.82) is 0 Å². The summed E-state index contributed by atoms with van der Waals surface area (Å²) in [6.07, 6.45) is 0. The lowest BCUT2D eigenvalue weighted by atomic mass is 10.2. The average Bonchev–Trinajstić information content (AvgIpc) is 2.44. The first-order valence-corrected chi connectivity index (χ1v) is 6.09. The lowest BCUT2D eigenvalue weighted by molar-refractivity contribution is 0.477. The van der Waals surface area contributed by atoms with Crippen LogP contribution in [0.3, 0.4) is 0 Å². The molecule has 1 aromatic heterocycles. The van der Waals surface area contributed by atoms with Crippen LogP contribution in [-0.2, 0) is 0 Å². The van der Waals surface area contributed by atoms with Crippen LogP contribution in [0.5, 0.6) is 5.75 Å². The molecule has 0 amide bonds. The van der Waals surface area contributed by atoms with Gasteiger partial charge in [-0.15, -0.1) is 10.2 Å². The number of anilines is 2. The first-order chi connectivity index (χ1) is 9.25. The molecule has 3 rings (SSSR count). The summed E-state index contributed by atoms with van der Waals surface area (Å²) in [5, 5.41) is 22.8. The molecule has 2 N–H and O–H groups in total. The van der Waals surface area contributed by atoms with Gasteiger partial charge < -0.3 is 10.4 Å². The van der Waals surface area contributed by atoms with Gasteiger partial charge >= 0.3 is 0 Å². The van der Waals surface area contributed by atoms with Crippen molar-refractivity contribution in [3.63, 3.8) is 0 Å². The normalized spacial score (nSPS) is 10.6. The maximum atomic E-state index is 9.76. The van der Waals surface area contributed by atoms with Crippen molar-refractivity contribution in [3.8, 4) is 5.75 Å². The highest BCUT2D eigenvalue weighted by atomic mass is 35.5. The van der Waals surface area contributed by atoms with Crippen molar-refractivity contribution in [2.24, 2.45) is 0 Å². The minimum absolute atomic E-state index is 0.156. The van der Waals surface area contributed by atoms with Gasteiger partial charge in [0.2, 0.25) is 0 Å². The van der Waals surface area contributed by atoms with E-state index in [1.807, 2.05) is 30.3 Å². The predicted octanol–water partition coefficient (Wildman–Crippen LogP) is 3.73. The molecule has 0 aliphatic carbocycles. The quantitative estimate of drug-likeness (QED) is 0.697. The number of para-hydroxylation sites is 2. The lowest BCUT2D eigenvalue weighted by Crippen LogP contribution is -1.97. The Labute approximate surface area is 114 Å². The molecule has 4 nitrogen and oxygen atoms in total. The Morgan fingerprint density at radius 1 is 0.895 bits per heavy atom. The largest absolute Gasteiger partial charge is 0.506 e. The minimum Gasteiger partial charge on any atom is -0.506 e. The van der Waals surface area contributed by atoms with Gasteiger partial charge in [-0.05, 0) is 12.1 Å². The third kappa shape index (κ3) is 2.18. The molecule has 0 radical (unpaired) electrons. The van der Waals surface area contributed by atoms with E-state index >= 15 is 0 Å². The van der Waals surface area contributed by atoms with Crippen molar-refractivity contribution in [1.82, 2.24) is 10.2 Å². The molecule has 3 aromatic rings. The Kier molecular flexibility index (Phi) is 2.93. The molecule has 0 bridgehead atoms. The molecule has 0 saturated heterocycles. The van der Waals surface area contributed by atoms with Crippen LogP contribution < -0.4 is 5.32 Å². The molecule has 0 unspecified atom stereocenters. The Morgan fingerprint density at radius 2 is 1.58 bits per heavy atom. The number of benzene rings is 2. The Morgan fingerprint density at radius 3 is 2.37 bits per heavy atom. The van der Waals surface area contributed by atoms with Gasteiger partial charge in [-0.2, -0.15) is 0 Å². The van der Waals surface area contributed by atoms with Gasteiger partial charge in [0.25, 0.3) is 0 Å². The summed E-state index contributed by atoms with van der Waals surface area (Å²) in [7, 11) is 0. The zero-order valence-corrected chi connectivity index (χ0v) is 10.6. The summed E-state index contributed by atoms with van der Waals surface area (Å²) >= 11 is 6.01. The molecule has 0 fully saturated rings. The predicted molar refractivity (Wildman–Crippen MR) is 75.9 cm³/mol. The third-order valence-electron chi connectivity index (χ3n) is 2.80. The zero-order valence-electron chi connectivity index (χ0n) is 9.84. The molecule has 0 atom stereocenters. The molecule has 94 valence electrons. The van der Waals surface area contributed by atoms with Gasteiger partial charge in [0, 0.05) is 10.8 Å². The van der Waals surface area contributed by atoms with Gasteiger partial charge in [0.15, 0.2) is 11.0 Å². The van der Waals surface area contributed by atoms with Crippen molar-refractivity contribution in [3.05, 3.63) is 53.7 Å². The van der Waals surface area contributed by atoms with Gasteiger partial charge in [-0.25, -0.2) is 0 Å². The second kappa shape index (κ2) is 4.74. The second-order valence-electron chi connectivity index (χ2n) is 4.03. The van der Waals surface area contributed by atoms with E-state index in [4.69, 9.17) is 11.6 Å². The molecule has 0 aliphatic rings. The minimum atomic E-state index is 0.156. The van der Waals surface area contributed by atoms with Crippen molar-refractivity contribution >= 4 is 33.9 Å². The molecule has 0 aliphatic heterocycles. The monoisotopic (exact) mass is 271 g/mol. The topological polar surface area (TPSA) is 58.0 Å². The smallest absolute Gasteiger partial charge is 0.161 e. The SMILES string of the molecule is Oc1ccccc1Nc1nnc(Cl)c2ccccc12. The molecule has 0 spiro atoms. The average molecular weight is 272 g/mol. The number of aromatic hydroxyl groups is 1. The van der Waals surface area contributed by atoms with E-state index in [0.29, 0.717) is 16.7 Å². The van der Waals surface area contributed by atoms with Crippen molar-refractivity contribution < 1.29 is 5.11 Å². The number of nitrogens with zero attached hydrogens (tertiary/aromatic N) is 2. The van der Waals surface area contributed by atoms with Crippen LogP contribution >= 0.6 is 11.6 Å². The van der Waals surface area contributed by atoms with Gasteiger partial charge in [0.05, 0.1) is 5.69 Å². The molecular formula is C14H10ClN3O. The number of phenolic OH excluding ortho intramolecular Hbond substituents is 1. The Balaban J connectivity index is 2.12. The molecule has 5 heteroatoms. The second-order valence-corrected chi connectivity index (χ2v) is 4.39. The number of rotatable bonds is 2. The number of hydrogen-bond donors (Lipinski definition) is 2. The number of aromatic nitrogens is 2. The first kappa shape index (κ1) is 11.7. The van der Waals surface area contributed by atoms with Crippen LogP contribution in [0.25, 0.3) is 10.8 Å². The van der Waals surface area contributed by atoms with Crippen LogP contribution in [0.2, 0.25) is 5.15 Å². The standard InChI is InChI=1S/C14H10ClN3O/c15-13-9-5-1-2-6-10(9)14(18-17-13)16-11-7-3-4-8-12(11)19/h1-8,19H,(H,16,18). The highest BCUT2D eigenvalue weighted by molar-refractivity contribution is 6.34. The van der Waals surface area contributed by atoms with Crippen LogP contribution in [0.4, 0.5) is 11.5 Å². The zero-order chi connectivity index (χ0) is 13.2. The molecule has 1 heterocycles. The van der Waals surface area contributed by atoms with Crippen LogP contribution in [0.1, 0.15) is 0 Å². The van der Waals surface area contributed by atoms with Gasteiger partial charge in [-0.1, -0.05) is 48.0 Å². The fourth-order valence-corrected chi connectivity index (χ4v) is 2.07. The van der Waals surface area contributed by atoms with E-state index in [9.17, 15) is 5.11 Å². The van der Waals surface area contributed by atoms with E-state index in [-0.39, 0.29) is 5.75 Å². The fourth-order valence-electron chi connectivity index (χ4n) is 1.87. The number of hydrogen-bond acceptors (Lipinski definition) is 4. The summed E-state index contributed by atoms with van der Waals surface area (Å²) < 4.78 is 0. The van der Waals surface area contributed by atoms with E-state index in [1.165, 1.54) is 0 Å². The Bertz CT molecular complexity index is 746. The van der Waals surface area contributed by atoms with E-state index in [1.54, 1.807) is 18.2 Å². The number of nitrogens with one attached hydrogen (secondary N) is 1. The van der Waals surface area contributed by atoms with Crippen LogP contribution in [0.15, 0.2) is 48.5 Å². The first-order valence-electron chi connectivity index (χ1n) is 5.71. The molecule has 19 heavy (non-hydrogen) atoms. The number of phenols is 1. The summed E-state index contributed by atoms with van der Waals surface area (Å²) in [5.74, 6) is 0.713. The van der Waals surface area contributed by atoms with Crippen LogP contribution in [-0.4, -0.2) is 15.3 Å². The Hall–Kier alpha value is -2.33. The van der Waals surface area contributed by atoms with Crippen LogP contribution in [0, 0.1) is 0 Å². The number of halogens is 1. The molecule has 2 aromatic carbocycles. The third-order valence-corrected chi connectivity index (χ3v) is 3.08. The maximum absolute atomic E-state index is 9.76. The summed E-state index contributed by atoms with van der Waals surface area (Å²) in [6, 6.07) is 14.5.